The first-order valence-corrected chi connectivity index (χ1v) is 19.1. The molecule has 0 saturated carbocycles. The number of rotatable bonds is 4. The van der Waals surface area contributed by atoms with Crippen LogP contribution in [0.3, 0.4) is 0 Å². The second kappa shape index (κ2) is 11.6. The molecule has 6 nitrogen and oxygen atoms in total. The van der Waals surface area contributed by atoms with Gasteiger partial charge in [0.05, 0.1) is 44.6 Å². The van der Waals surface area contributed by atoms with E-state index in [2.05, 4.69) is 134 Å². The molecule has 0 N–H and O–H groups in total. The second-order valence-corrected chi connectivity index (χ2v) is 15.4. The van der Waals surface area contributed by atoms with Crippen molar-refractivity contribution in [3.05, 3.63) is 144 Å². The summed E-state index contributed by atoms with van der Waals surface area (Å²) in [6.45, 7) is 8.51. The molecule has 0 unspecified atom stereocenters. The summed E-state index contributed by atoms with van der Waals surface area (Å²) in [7, 11) is 0. The van der Waals surface area contributed by atoms with E-state index in [1.807, 2.05) is 36.4 Å². The molecule has 0 aliphatic rings. The molecule has 0 radical (unpaired) electrons. The lowest BCUT2D eigenvalue weighted by atomic mass is 9.84. The average molecular weight is 723 g/mol. The van der Waals surface area contributed by atoms with Gasteiger partial charge in [0.2, 0.25) is 0 Å². The highest BCUT2D eigenvalue weighted by atomic mass is 16.3. The third kappa shape index (κ3) is 4.08. The van der Waals surface area contributed by atoms with Crippen LogP contribution in [-0.2, 0) is 0 Å². The number of para-hydroxylation sites is 4. The van der Waals surface area contributed by atoms with E-state index in [9.17, 15) is 10.5 Å². The summed E-state index contributed by atoms with van der Waals surface area (Å²) in [6.07, 6.45) is 0. The van der Waals surface area contributed by atoms with Crippen molar-refractivity contribution in [2.45, 2.75) is 39.5 Å². The molecule has 0 aliphatic heterocycles. The molecular weight excluding hydrogens is 689 g/mol. The van der Waals surface area contributed by atoms with Crippen LogP contribution in [0.25, 0.3) is 98.9 Å². The van der Waals surface area contributed by atoms with Crippen LogP contribution >= 0.6 is 0 Å². The van der Waals surface area contributed by atoms with Gasteiger partial charge in [-0.1, -0.05) is 100 Å². The van der Waals surface area contributed by atoms with Gasteiger partial charge < -0.3 is 18.0 Å². The van der Waals surface area contributed by atoms with Crippen molar-refractivity contribution in [3.63, 3.8) is 0 Å². The van der Waals surface area contributed by atoms with Crippen LogP contribution < -0.4 is 0 Å². The smallest absolute Gasteiger partial charge is 0.136 e. The highest BCUT2D eigenvalue weighted by molar-refractivity contribution is 6.29. The number of hydrogen-bond donors (Lipinski definition) is 0. The van der Waals surface area contributed by atoms with Gasteiger partial charge in [-0.25, -0.2) is 0 Å². The molecule has 4 aromatic heterocycles. The topological polar surface area (TPSA) is 83.7 Å². The van der Waals surface area contributed by atoms with Gasteiger partial charge in [-0.3, -0.25) is 0 Å². The van der Waals surface area contributed by atoms with Crippen molar-refractivity contribution < 1.29 is 8.83 Å². The fourth-order valence-electron chi connectivity index (χ4n) is 9.61. The fraction of sp³-hybridized carbons (Fsp3) is 0.120. The van der Waals surface area contributed by atoms with E-state index in [1.165, 1.54) is 0 Å². The number of hydrogen-bond acceptors (Lipinski definition) is 4. The van der Waals surface area contributed by atoms with E-state index >= 15 is 0 Å². The molecule has 0 spiro atoms. The molecule has 11 aromatic rings. The van der Waals surface area contributed by atoms with Gasteiger partial charge in [0.15, 0.2) is 0 Å². The van der Waals surface area contributed by atoms with Gasteiger partial charge >= 0.3 is 0 Å². The predicted octanol–water partition coefficient (Wildman–Crippen LogP) is 13.7. The Morgan fingerprint density at radius 2 is 0.804 bits per heavy atom. The average Bonchev–Trinajstić information content (AvgIpc) is 3.96. The first kappa shape index (κ1) is 32.2. The number of furan rings is 2. The Morgan fingerprint density at radius 3 is 1.21 bits per heavy atom. The predicted molar refractivity (Wildman–Crippen MR) is 227 cm³/mol. The molecule has 0 saturated heterocycles. The van der Waals surface area contributed by atoms with E-state index < -0.39 is 0 Å². The van der Waals surface area contributed by atoms with Crippen LogP contribution in [-0.4, -0.2) is 9.13 Å². The Kier molecular flexibility index (Phi) is 6.67. The molecular formula is C50H34N4O2. The minimum Gasteiger partial charge on any atom is -0.456 e. The molecule has 0 aliphatic carbocycles. The largest absolute Gasteiger partial charge is 0.456 e. The Labute approximate surface area is 321 Å². The van der Waals surface area contributed by atoms with Crippen LogP contribution in [0, 0.1) is 22.7 Å². The third-order valence-corrected chi connectivity index (χ3v) is 11.7. The van der Waals surface area contributed by atoms with Crippen LogP contribution in [0.5, 0.6) is 0 Å². The number of benzene rings is 7. The SMILES string of the molecule is CC(C)c1c(C#N)c(-n2c3ccccc3c3c4c(ccc32)oc2ccccc24)c(C(C)C)c(-n2c3ccccc3c3c4c(ccc32)oc2ccccc24)c1C#N. The normalized spacial score (nSPS) is 12.2. The molecule has 4 heterocycles. The summed E-state index contributed by atoms with van der Waals surface area (Å²) in [4.78, 5) is 0. The molecule has 266 valence electrons. The van der Waals surface area contributed by atoms with E-state index in [4.69, 9.17) is 8.83 Å². The lowest BCUT2D eigenvalue weighted by molar-refractivity contribution is 0.669. The number of nitrogens with zero attached hydrogens (tertiary/aromatic N) is 4. The summed E-state index contributed by atoms with van der Waals surface area (Å²) >= 11 is 0. The summed E-state index contributed by atoms with van der Waals surface area (Å²) in [6, 6.07) is 46.9. The van der Waals surface area contributed by atoms with Crippen LogP contribution in [0.15, 0.2) is 130 Å². The Balaban J connectivity index is 1.39. The summed E-state index contributed by atoms with van der Waals surface area (Å²) in [5.41, 5.74) is 11.5. The molecule has 0 fully saturated rings. The van der Waals surface area contributed by atoms with Gasteiger partial charge in [0.25, 0.3) is 0 Å². The Bertz CT molecular complexity index is 3350. The maximum atomic E-state index is 11.4. The highest BCUT2D eigenvalue weighted by Gasteiger charge is 2.33. The maximum absolute atomic E-state index is 11.4. The molecule has 56 heavy (non-hydrogen) atoms. The fourth-order valence-corrected chi connectivity index (χ4v) is 9.61. The molecule has 6 heteroatoms. The highest BCUT2D eigenvalue weighted by Crippen LogP contribution is 2.49. The molecule has 7 aromatic carbocycles. The maximum Gasteiger partial charge on any atom is 0.136 e. The standard InChI is InChI=1S/C50H34N4O2/c1-27(2)43-33(25-51)49(53-35-17-9-5-13-29(35)45-37(53)21-23-41-47(45)31-15-7-11-19-39(31)55-41)44(28(3)4)50(34(43)26-52)54-36-18-10-6-14-30(36)46-38(54)22-24-42-48(46)32-16-8-12-20-40(32)56-42/h5-24,27-28H,1-4H3. The van der Waals surface area contributed by atoms with Crippen molar-refractivity contribution >= 4 is 87.5 Å². The zero-order valence-electron chi connectivity index (χ0n) is 31.3. The zero-order chi connectivity index (χ0) is 38.0. The van der Waals surface area contributed by atoms with Gasteiger partial charge in [-0.15, -0.1) is 0 Å². The summed E-state index contributed by atoms with van der Waals surface area (Å²) in [5.74, 6) is -0.224. The zero-order valence-corrected chi connectivity index (χ0v) is 31.3. The van der Waals surface area contributed by atoms with Crippen LogP contribution in [0.4, 0.5) is 0 Å². The van der Waals surface area contributed by atoms with Gasteiger partial charge in [0, 0.05) is 48.7 Å². The Hall–Kier alpha value is -7.28. The number of fused-ring (bicyclic) bond motifs is 14. The monoisotopic (exact) mass is 722 g/mol. The molecule has 0 atom stereocenters. The quantitative estimate of drug-likeness (QED) is 0.181. The van der Waals surface area contributed by atoms with Crippen molar-refractivity contribution in [3.8, 4) is 23.5 Å². The minimum atomic E-state index is -0.131. The van der Waals surface area contributed by atoms with Gasteiger partial charge in [-0.05, 0) is 65.9 Å². The van der Waals surface area contributed by atoms with Gasteiger partial charge in [-0.2, -0.15) is 10.5 Å². The van der Waals surface area contributed by atoms with Crippen molar-refractivity contribution in [2.75, 3.05) is 0 Å². The number of aromatic nitrogens is 2. The lowest BCUT2D eigenvalue weighted by Gasteiger charge is -2.27. The van der Waals surface area contributed by atoms with Gasteiger partial charge in [0.1, 0.15) is 34.5 Å². The van der Waals surface area contributed by atoms with Crippen LogP contribution in [0.2, 0.25) is 0 Å². The summed E-state index contributed by atoms with van der Waals surface area (Å²) < 4.78 is 17.4. The second-order valence-electron chi connectivity index (χ2n) is 15.4. The van der Waals surface area contributed by atoms with Crippen molar-refractivity contribution in [1.29, 1.82) is 10.5 Å². The molecule has 0 amide bonds. The Morgan fingerprint density at radius 1 is 0.411 bits per heavy atom. The first-order chi connectivity index (χ1) is 27.4. The van der Waals surface area contributed by atoms with E-state index in [0.29, 0.717) is 11.1 Å². The van der Waals surface area contributed by atoms with E-state index in [1.54, 1.807) is 0 Å². The molecule has 0 bridgehead atoms. The first-order valence-electron chi connectivity index (χ1n) is 19.1. The molecule has 11 rings (SSSR count). The van der Waals surface area contributed by atoms with E-state index in [0.717, 1.165) is 110 Å². The summed E-state index contributed by atoms with van der Waals surface area (Å²) in [5, 5.41) is 31.2. The van der Waals surface area contributed by atoms with Crippen molar-refractivity contribution in [2.24, 2.45) is 0 Å². The number of nitriles is 2. The minimum absolute atomic E-state index is 0.0928. The van der Waals surface area contributed by atoms with E-state index in [-0.39, 0.29) is 11.8 Å². The van der Waals surface area contributed by atoms with Crippen LogP contribution in [0.1, 0.15) is 61.8 Å². The third-order valence-electron chi connectivity index (χ3n) is 11.7. The lowest BCUT2D eigenvalue weighted by Crippen LogP contribution is -2.16. The van der Waals surface area contributed by atoms with Crippen molar-refractivity contribution in [1.82, 2.24) is 9.13 Å².